The standard InChI is InChI=1S/C25H24O6/c1-4-10-17-11-9-14-20-21(17)23(31-25(27)29-16-6-3)19-13-8-7-12-18(19)22(20)30-24(26)28-15-5-2/h5-9,11-14H,2-4,10,15-16H2,1H3. The molecule has 0 bridgehead atoms. The fourth-order valence-corrected chi connectivity index (χ4v) is 3.39. The van der Waals surface area contributed by atoms with E-state index in [1.54, 1.807) is 12.1 Å². The summed E-state index contributed by atoms with van der Waals surface area (Å²) >= 11 is 0. The van der Waals surface area contributed by atoms with E-state index in [1.807, 2.05) is 30.3 Å². The maximum absolute atomic E-state index is 12.3. The highest BCUT2D eigenvalue weighted by molar-refractivity contribution is 6.13. The van der Waals surface area contributed by atoms with E-state index >= 15 is 0 Å². The van der Waals surface area contributed by atoms with Gasteiger partial charge in [0.2, 0.25) is 0 Å². The number of hydrogen-bond acceptors (Lipinski definition) is 6. The Hall–Kier alpha value is -3.80. The number of benzene rings is 3. The molecule has 6 heteroatoms. The van der Waals surface area contributed by atoms with Crippen molar-refractivity contribution < 1.29 is 28.5 Å². The van der Waals surface area contributed by atoms with Gasteiger partial charge < -0.3 is 18.9 Å². The van der Waals surface area contributed by atoms with Gasteiger partial charge in [0.05, 0.1) is 0 Å². The number of aryl methyl sites for hydroxylation is 1. The highest BCUT2D eigenvalue weighted by Crippen LogP contribution is 2.44. The Morgan fingerprint density at radius 1 is 0.806 bits per heavy atom. The summed E-state index contributed by atoms with van der Waals surface area (Å²) in [7, 11) is 0. The molecule has 0 aliphatic heterocycles. The van der Waals surface area contributed by atoms with E-state index in [0.29, 0.717) is 33.0 Å². The third kappa shape index (κ3) is 4.86. The van der Waals surface area contributed by atoms with Gasteiger partial charge in [-0.3, -0.25) is 0 Å². The van der Waals surface area contributed by atoms with Crippen molar-refractivity contribution in [2.75, 3.05) is 13.2 Å². The fraction of sp³-hybridized carbons (Fsp3) is 0.200. The molecule has 0 aliphatic carbocycles. The highest BCUT2D eigenvalue weighted by Gasteiger charge is 2.22. The van der Waals surface area contributed by atoms with Gasteiger partial charge in [0.1, 0.15) is 19.0 Å². The van der Waals surface area contributed by atoms with Crippen LogP contribution in [0.1, 0.15) is 18.9 Å². The molecule has 0 saturated carbocycles. The van der Waals surface area contributed by atoms with Gasteiger partial charge in [0.25, 0.3) is 0 Å². The molecule has 0 N–H and O–H groups in total. The van der Waals surface area contributed by atoms with E-state index in [0.717, 1.165) is 18.4 Å². The average Bonchev–Trinajstić information content (AvgIpc) is 2.78. The smallest absolute Gasteiger partial charge is 0.430 e. The molecule has 0 spiro atoms. The van der Waals surface area contributed by atoms with E-state index in [9.17, 15) is 9.59 Å². The topological polar surface area (TPSA) is 71.1 Å². The number of rotatable bonds is 8. The van der Waals surface area contributed by atoms with Gasteiger partial charge in [-0.1, -0.05) is 81.1 Å². The van der Waals surface area contributed by atoms with Gasteiger partial charge in [-0.15, -0.1) is 0 Å². The maximum atomic E-state index is 12.3. The van der Waals surface area contributed by atoms with Crippen molar-refractivity contribution in [2.45, 2.75) is 19.8 Å². The van der Waals surface area contributed by atoms with Crippen molar-refractivity contribution in [1.82, 2.24) is 0 Å². The average molecular weight is 420 g/mol. The monoisotopic (exact) mass is 420 g/mol. The lowest BCUT2D eigenvalue weighted by atomic mass is 9.95. The summed E-state index contributed by atoms with van der Waals surface area (Å²) in [4.78, 5) is 24.5. The predicted molar refractivity (Wildman–Crippen MR) is 120 cm³/mol. The van der Waals surface area contributed by atoms with Crippen LogP contribution in [0.4, 0.5) is 9.59 Å². The van der Waals surface area contributed by atoms with Gasteiger partial charge in [0, 0.05) is 21.5 Å². The van der Waals surface area contributed by atoms with Gasteiger partial charge >= 0.3 is 12.3 Å². The Labute approximate surface area is 180 Å². The zero-order valence-electron chi connectivity index (χ0n) is 17.4. The molecule has 3 aromatic carbocycles. The van der Waals surface area contributed by atoms with E-state index in [-0.39, 0.29) is 13.2 Å². The van der Waals surface area contributed by atoms with Crippen molar-refractivity contribution in [3.8, 4) is 11.5 Å². The molecule has 160 valence electrons. The molecule has 3 aromatic rings. The Bertz CT molecular complexity index is 1130. The van der Waals surface area contributed by atoms with Crippen LogP contribution in [0.15, 0.2) is 67.8 Å². The summed E-state index contributed by atoms with van der Waals surface area (Å²) in [6, 6.07) is 12.9. The first-order chi connectivity index (χ1) is 15.1. The van der Waals surface area contributed by atoms with Crippen molar-refractivity contribution in [1.29, 1.82) is 0 Å². The Kier molecular flexibility index (Phi) is 7.27. The van der Waals surface area contributed by atoms with Crippen molar-refractivity contribution in [3.05, 3.63) is 73.3 Å². The number of carbonyl (C=O) groups excluding carboxylic acids is 2. The minimum absolute atomic E-state index is 0.0339. The second kappa shape index (κ2) is 10.3. The molecule has 0 radical (unpaired) electrons. The molecule has 3 rings (SSSR count). The second-order valence-corrected chi connectivity index (χ2v) is 6.70. The zero-order chi connectivity index (χ0) is 22.2. The summed E-state index contributed by atoms with van der Waals surface area (Å²) in [6.45, 7) is 9.20. The molecule has 0 unspecified atom stereocenters. The first-order valence-electron chi connectivity index (χ1n) is 9.98. The summed E-state index contributed by atoms with van der Waals surface area (Å²) in [5, 5.41) is 2.53. The molecule has 0 aromatic heterocycles. The van der Waals surface area contributed by atoms with Gasteiger partial charge in [-0.05, 0) is 12.0 Å². The lowest BCUT2D eigenvalue weighted by Crippen LogP contribution is -2.13. The first-order valence-corrected chi connectivity index (χ1v) is 9.98. The minimum Gasteiger partial charge on any atom is -0.430 e. The van der Waals surface area contributed by atoms with E-state index < -0.39 is 12.3 Å². The highest BCUT2D eigenvalue weighted by atomic mass is 16.7. The fourth-order valence-electron chi connectivity index (χ4n) is 3.39. The predicted octanol–water partition coefficient (Wildman–Crippen LogP) is 6.35. The van der Waals surface area contributed by atoms with Crippen molar-refractivity contribution in [2.24, 2.45) is 0 Å². The van der Waals surface area contributed by atoms with E-state index in [2.05, 4.69) is 20.1 Å². The molecule has 0 amide bonds. The third-order valence-corrected chi connectivity index (χ3v) is 4.57. The summed E-state index contributed by atoms with van der Waals surface area (Å²) in [5.74, 6) is 0.694. The molecule has 6 nitrogen and oxygen atoms in total. The van der Waals surface area contributed by atoms with Crippen LogP contribution in [-0.2, 0) is 15.9 Å². The second-order valence-electron chi connectivity index (χ2n) is 6.70. The molecule has 0 fully saturated rings. The molecular weight excluding hydrogens is 396 g/mol. The van der Waals surface area contributed by atoms with E-state index in [4.69, 9.17) is 18.9 Å². The minimum atomic E-state index is -0.841. The summed E-state index contributed by atoms with van der Waals surface area (Å²) in [5.41, 5.74) is 0.960. The van der Waals surface area contributed by atoms with Crippen LogP contribution in [0, 0.1) is 0 Å². The summed E-state index contributed by atoms with van der Waals surface area (Å²) < 4.78 is 21.3. The Balaban J connectivity index is 2.26. The van der Waals surface area contributed by atoms with Crippen LogP contribution < -0.4 is 9.47 Å². The van der Waals surface area contributed by atoms with Gasteiger partial charge in [-0.25, -0.2) is 9.59 Å². The molecule has 0 heterocycles. The number of fused-ring (bicyclic) bond motifs is 2. The molecule has 0 saturated heterocycles. The van der Waals surface area contributed by atoms with Crippen molar-refractivity contribution in [3.63, 3.8) is 0 Å². The van der Waals surface area contributed by atoms with Crippen LogP contribution >= 0.6 is 0 Å². The van der Waals surface area contributed by atoms with Crippen LogP contribution in [-0.4, -0.2) is 25.5 Å². The Morgan fingerprint density at radius 2 is 1.35 bits per heavy atom. The van der Waals surface area contributed by atoms with Gasteiger partial charge in [-0.2, -0.15) is 0 Å². The first kappa shape index (κ1) is 21.9. The van der Waals surface area contributed by atoms with Crippen LogP contribution in [0.5, 0.6) is 11.5 Å². The lowest BCUT2D eigenvalue weighted by Gasteiger charge is -2.18. The van der Waals surface area contributed by atoms with Crippen LogP contribution in [0.2, 0.25) is 0 Å². The normalized spacial score (nSPS) is 10.5. The van der Waals surface area contributed by atoms with Gasteiger partial charge in [0.15, 0.2) is 5.75 Å². The lowest BCUT2D eigenvalue weighted by molar-refractivity contribution is 0.109. The zero-order valence-corrected chi connectivity index (χ0v) is 17.4. The van der Waals surface area contributed by atoms with E-state index in [1.165, 1.54) is 12.2 Å². The molecule has 0 aliphatic rings. The number of carbonyl (C=O) groups is 2. The molecule has 0 atom stereocenters. The largest absolute Gasteiger partial charge is 0.514 e. The maximum Gasteiger partial charge on any atom is 0.514 e. The van der Waals surface area contributed by atoms with Crippen LogP contribution in [0.25, 0.3) is 21.5 Å². The summed E-state index contributed by atoms with van der Waals surface area (Å²) in [6.07, 6.45) is 2.87. The third-order valence-electron chi connectivity index (χ3n) is 4.57. The number of ether oxygens (including phenoxy) is 4. The molecular formula is C25H24O6. The van der Waals surface area contributed by atoms with Crippen LogP contribution in [0.3, 0.4) is 0 Å². The number of hydrogen-bond donors (Lipinski definition) is 0. The SMILES string of the molecule is C=CCOC(=O)Oc1c2ccccc2c(OC(=O)OCC=C)c2c(CCC)cccc12. The Morgan fingerprint density at radius 3 is 1.94 bits per heavy atom. The van der Waals surface area contributed by atoms with Crippen molar-refractivity contribution >= 4 is 33.9 Å². The quantitative estimate of drug-likeness (QED) is 0.183. The molecule has 31 heavy (non-hydrogen) atoms.